The van der Waals surface area contributed by atoms with Gasteiger partial charge >= 0.3 is 6.03 Å². The first-order valence-corrected chi connectivity index (χ1v) is 5.14. The lowest BCUT2D eigenvalue weighted by molar-refractivity contribution is 0.189. The van der Waals surface area contributed by atoms with Gasteiger partial charge in [0.1, 0.15) is 0 Å². The summed E-state index contributed by atoms with van der Waals surface area (Å²) in [5.74, 6) is 0. The van der Waals surface area contributed by atoms with Gasteiger partial charge in [-0.2, -0.15) is 0 Å². The molecule has 0 aromatic carbocycles. The van der Waals surface area contributed by atoms with Crippen molar-refractivity contribution < 1.29 is 4.79 Å². The molecule has 1 aliphatic carbocycles. The van der Waals surface area contributed by atoms with Gasteiger partial charge in [0, 0.05) is 11.6 Å². The quantitative estimate of drug-likeness (QED) is 0.692. The zero-order chi connectivity index (χ0) is 9.90. The summed E-state index contributed by atoms with van der Waals surface area (Å²) in [5, 5.41) is 5.91. The fourth-order valence-electron chi connectivity index (χ4n) is 1.47. The van der Waals surface area contributed by atoms with Crippen molar-refractivity contribution in [1.29, 1.82) is 0 Å². The van der Waals surface area contributed by atoms with E-state index in [0.717, 1.165) is 19.3 Å². The van der Waals surface area contributed by atoms with E-state index in [9.17, 15) is 4.79 Å². The molecule has 1 saturated carbocycles. The fourth-order valence-corrected chi connectivity index (χ4v) is 1.47. The van der Waals surface area contributed by atoms with E-state index in [2.05, 4.69) is 24.5 Å². The molecule has 0 heterocycles. The Hall–Kier alpha value is -0.730. The van der Waals surface area contributed by atoms with Gasteiger partial charge in [-0.15, -0.1) is 0 Å². The summed E-state index contributed by atoms with van der Waals surface area (Å²) in [7, 11) is 0. The SMILES string of the molecule is CCC(C)NC(=O)NC1(C)CCC1. The average Bonchev–Trinajstić information content (AvgIpc) is 2.01. The summed E-state index contributed by atoms with van der Waals surface area (Å²) < 4.78 is 0. The largest absolute Gasteiger partial charge is 0.336 e. The topological polar surface area (TPSA) is 41.1 Å². The highest BCUT2D eigenvalue weighted by atomic mass is 16.2. The molecule has 0 bridgehead atoms. The third-order valence-corrected chi connectivity index (χ3v) is 2.86. The highest BCUT2D eigenvalue weighted by molar-refractivity contribution is 5.75. The first-order valence-electron chi connectivity index (χ1n) is 5.14. The Labute approximate surface area is 80.3 Å². The molecule has 2 amide bonds. The second-order valence-electron chi connectivity index (χ2n) is 4.32. The van der Waals surface area contributed by atoms with Crippen LogP contribution in [0, 0.1) is 0 Å². The van der Waals surface area contributed by atoms with E-state index in [1.54, 1.807) is 0 Å². The first kappa shape index (κ1) is 10.4. The molecule has 3 nitrogen and oxygen atoms in total. The summed E-state index contributed by atoms with van der Waals surface area (Å²) in [6.07, 6.45) is 4.44. The van der Waals surface area contributed by atoms with Gasteiger partial charge in [-0.1, -0.05) is 6.92 Å². The molecular weight excluding hydrogens is 164 g/mol. The van der Waals surface area contributed by atoms with E-state index in [1.165, 1.54) is 6.42 Å². The van der Waals surface area contributed by atoms with Crippen molar-refractivity contribution in [1.82, 2.24) is 10.6 Å². The smallest absolute Gasteiger partial charge is 0.315 e. The van der Waals surface area contributed by atoms with Crippen LogP contribution in [0.2, 0.25) is 0 Å². The summed E-state index contributed by atoms with van der Waals surface area (Å²) in [5.41, 5.74) is 0.0670. The van der Waals surface area contributed by atoms with E-state index in [-0.39, 0.29) is 17.6 Å². The Kier molecular flexibility index (Phi) is 3.17. The summed E-state index contributed by atoms with van der Waals surface area (Å²) in [6, 6.07) is 0.250. The van der Waals surface area contributed by atoms with Gasteiger partial charge in [0.2, 0.25) is 0 Å². The minimum Gasteiger partial charge on any atom is -0.336 e. The minimum absolute atomic E-state index is 0.0171. The molecule has 1 unspecified atom stereocenters. The van der Waals surface area contributed by atoms with E-state index in [0.29, 0.717) is 0 Å². The summed E-state index contributed by atoms with van der Waals surface area (Å²) >= 11 is 0. The van der Waals surface area contributed by atoms with Crippen LogP contribution in [0.1, 0.15) is 46.5 Å². The molecule has 3 heteroatoms. The van der Waals surface area contributed by atoms with Gasteiger partial charge in [-0.3, -0.25) is 0 Å². The highest BCUT2D eigenvalue weighted by Gasteiger charge is 2.33. The fraction of sp³-hybridized carbons (Fsp3) is 0.900. The van der Waals surface area contributed by atoms with Gasteiger partial charge in [0.15, 0.2) is 0 Å². The molecule has 2 N–H and O–H groups in total. The Balaban J connectivity index is 2.24. The van der Waals surface area contributed by atoms with Gasteiger partial charge < -0.3 is 10.6 Å². The van der Waals surface area contributed by atoms with Crippen LogP contribution in [0.4, 0.5) is 4.79 Å². The van der Waals surface area contributed by atoms with Crippen molar-refractivity contribution in [2.45, 2.75) is 58.0 Å². The number of rotatable bonds is 3. The van der Waals surface area contributed by atoms with Crippen LogP contribution < -0.4 is 10.6 Å². The predicted octanol–water partition coefficient (Wildman–Crippen LogP) is 2.03. The molecule has 0 spiro atoms. The molecule has 13 heavy (non-hydrogen) atoms. The van der Waals surface area contributed by atoms with E-state index in [4.69, 9.17) is 0 Å². The normalized spacial score (nSPS) is 21.5. The number of urea groups is 1. The van der Waals surface area contributed by atoms with Crippen LogP contribution >= 0.6 is 0 Å². The monoisotopic (exact) mass is 184 g/mol. The maximum absolute atomic E-state index is 11.4. The van der Waals surface area contributed by atoms with Crippen molar-refractivity contribution in [3.8, 4) is 0 Å². The summed E-state index contributed by atoms with van der Waals surface area (Å²) in [6.45, 7) is 6.19. The van der Waals surface area contributed by atoms with Crippen LogP contribution in [0.3, 0.4) is 0 Å². The Morgan fingerprint density at radius 2 is 2.15 bits per heavy atom. The highest BCUT2D eigenvalue weighted by Crippen LogP contribution is 2.30. The van der Waals surface area contributed by atoms with E-state index in [1.807, 2.05) is 6.92 Å². The molecule has 1 aliphatic rings. The van der Waals surface area contributed by atoms with E-state index < -0.39 is 0 Å². The summed E-state index contributed by atoms with van der Waals surface area (Å²) in [4.78, 5) is 11.4. The molecule has 1 rings (SSSR count). The minimum atomic E-state index is -0.0171. The molecule has 0 aromatic rings. The van der Waals surface area contributed by atoms with Crippen LogP contribution in [0.25, 0.3) is 0 Å². The Morgan fingerprint density at radius 3 is 2.54 bits per heavy atom. The molecule has 1 atom stereocenters. The number of amides is 2. The van der Waals surface area contributed by atoms with Crippen LogP contribution in [0.5, 0.6) is 0 Å². The van der Waals surface area contributed by atoms with Gasteiger partial charge in [-0.25, -0.2) is 4.79 Å². The Morgan fingerprint density at radius 1 is 1.54 bits per heavy atom. The zero-order valence-electron chi connectivity index (χ0n) is 8.81. The first-order chi connectivity index (χ1) is 6.06. The van der Waals surface area contributed by atoms with Crippen LogP contribution in [0.15, 0.2) is 0 Å². The van der Waals surface area contributed by atoms with Gasteiger partial charge in [-0.05, 0) is 39.5 Å². The molecule has 0 aromatic heterocycles. The van der Waals surface area contributed by atoms with Crippen LogP contribution in [-0.2, 0) is 0 Å². The zero-order valence-corrected chi connectivity index (χ0v) is 8.81. The second kappa shape index (κ2) is 3.99. The number of carbonyl (C=O) groups is 1. The van der Waals surface area contributed by atoms with Crippen molar-refractivity contribution in [3.63, 3.8) is 0 Å². The third-order valence-electron chi connectivity index (χ3n) is 2.86. The number of hydrogen-bond acceptors (Lipinski definition) is 1. The number of carbonyl (C=O) groups excluding carboxylic acids is 1. The van der Waals surface area contributed by atoms with Crippen molar-refractivity contribution in [2.24, 2.45) is 0 Å². The lowest BCUT2D eigenvalue weighted by Gasteiger charge is -2.39. The van der Waals surface area contributed by atoms with Crippen molar-refractivity contribution in [2.75, 3.05) is 0 Å². The predicted molar refractivity (Wildman–Crippen MR) is 53.7 cm³/mol. The van der Waals surface area contributed by atoms with Crippen LogP contribution in [-0.4, -0.2) is 17.6 Å². The second-order valence-corrected chi connectivity index (χ2v) is 4.32. The third kappa shape index (κ3) is 2.90. The molecular formula is C10H20N2O. The van der Waals surface area contributed by atoms with Gasteiger partial charge in [0.25, 0.3) is 0 Å². The lowest BCUT2D eigenvalue weighted by atomic mass is 9.79. The van der Waals surface area contributed by atoms with E-state index >= 15 is 0 Å². The van der Waals surface area contributed by atoms with Crippen molar-refractivity contribution in [3.05, 3.63) is 0 Å². The lowest BCUT2D eigenvalue weighted by Crippen LogP contribution is -2.55. The maximum atomic E-state index is 11.4. The Bertz CT molecular complexity index is 187. The van der Waals surface area contributed by atoms with Crippen molar-refractivity contribution >= 4 is 6.03 Å². The molecule has 76 valence electrons. The molecule has 0 aliphatic heterocycles. The molecule has 0 radical (unpaired) electrons. The number of nitrogens with one attached hydrogen (secondary N) is 2. The standard InChI is InChI=1S/C10H20N2O/c1-4-8(2)11-9(13)12-10(3)6-5-7-10/h8H,4-7H2,1-3H3,(H2,11,12,13). The molecule has 0 saturated heterocycles. The average molecular weight is 184 g/mol. The molecule has 1 fully saturated rings. The van der Waals surface area contributed by atoms with Gasteiger partial charge in [0.05, 0.1) is 0 Å². The number of hydrogen-bond donors (Lipinski definition) is 2. The maximum Gasteiger partial charge on any atom is 0.315 e.